The summed E-state index contributed by atoms with van der Waals surface area (Å²) in [5.41, 5.74) is 0.513. The van der Waals surface area contributed by atoms with Gasteiger partial charge in [0.1, 0.15) is 12.4 Å². The fourth-order valence-corrected chi connectivity index (χ4v) is 2.43. The molecule has 0 amide bonds. The first-order valence-corrected chi connectivity index (χ1v) is 6.55. The molecule has 1 fully saturated rings. The Balaban J connectivity index is 1.87. The smallest absolute Gasteiger partial charge is 0.158 e. The molecule has 1 N–H and O–H groups in total. The molecule has 0 bridgehead atoms. The molecule has 1 saturated heterocycles. The Kier molecular flexibility index (Phi) is 3.11. The van der Waals surface area contributed by atoms with Gasteiger partial charge in [-0.2, -0.15) is 0 Å². The third-order valence-electron chi connectivity index (χ3n) is 3.48. The van der Waals surface area contributed by atoms with E-state index < -0.39 is 5.67 Å². The quantitative estimate of drug-likeness (QED) is 0.921. The summed E-state index contributed by atoms with van der Waals surface area (Å²) in [6, 6.07) is 9.64. The van der Waals surface area contributed by atoms with Crippen LogP contribution in [0.15, 0.2) is 30.3 Å². The van der Waals surface area contributed by atoms with Crippen molar-refractivity contribution in [3.8, 4) is 5.75 Å². The number of hydrogen-bond acceptors (Lipinski definition) is 3. The highest BCUT2D eigenvalue weighted by Crippen LogP contribution is 2.28. The zero-order chi connectivity index (χ0) is 13.3. The van der Waals surface area contributed by atoms with E-state index in [9.17, 15) is 4.39 Å². The fraction of sp³-hybridized carbons (Fsp3) is 0.400. The maximum absolute atomic E-state index is 14.3. The lowest BCUT2D eigenvalue weighted by Crippen LogP contribution is -2.33. The predicted octanol–water partition coefficient (Wildman–Crippen LogP) is 2.62. The molecule has 3 nitrogen and oxygen atoms in total. The van der Waals surface area contributed by atoms with Crippen LogP contribution >= 0.6 is 0 Å². The first-order chi connectivity index (χ1) is 9.16. The van der Waals surface area contributed by atoms with Gasteiger partial charge in [0.2, 0.25) is 0 Å². The Bertz CT molecular complexity index is 594. The lowest BCUT2D eigenvalue weighted by Gasteiger charge is -2.19. The highest BCUT2D eigenvalue weighted by Gasteiger charge is 2.34. The largest absolute Gasteiger partial charge is 0.489 e. The number of alkyl halides is 1. The first kappa shape index (κ1) is 12.4. The molecule has 0 saturated carbocycles. The van der Waals surface area contributed by atoms with Gasteiger partial charge in [-0.25, -0.2) is 4.39 Å². The number of ether oxygens (including phenoxy) is 1. The van der Waals surface area contributed by atoms with Crippen LogP contribution in [0, 0.1) is 6.92 Å². The average Bonchev–Trinajstić information content (AvgIpc) is 2.83. The summed E-state index contributed by atoms with van der Waals surface area (Å²) < 4.78 is 20.0. The van der Waals surface area contributed by atoms with Crippen molar-refractivity contribution in [1.29, 1.82) is 0 Å². The van der Waals surface area contributed by atoms with Crippen molar-refractivity contribution >= 4 is 10.9 Å². The molecule has 4 heteroatoms. The zero-order valence-electron chi connectivity index (χ0n) is 10.9. The van der Waals surface area contributed by atoms with Crippen LogP contribution in [0.1, 0.15) is 12.1 Å². The van der Waals surface area contributed by atoms with Crippen molar-refractivity contribution in [2.24, 2.45) is 0 Å². The van der Waals surface area contributed by atoms with Crippen LogP contribution in [-0.2, 0) is 0 Å². The average molecular weight is 260 g/mol. The zero-order valence-corrected chi connectivity index (χ0v) is 10.9. The van der Waals surface area contributed by atoms with Crippen molar-refractivity contribution in [2.45, 2.75) is 19.0 Å². The number of aryl methyl sites for hydroxylation is 1. The van der Waals surface area contributed by atoms with Crippen molar-refractivity contribution in [3.63, 3.8) is 0 Å². The van der Waals surface area contributed by atoms with Crippen LogP contribution in [0.4, 0.5) is 4.39 Å². The summed E-state index contributed by atoms with van der Waals surface area (Å²) in [6.07, 6.45) is 0.509. The summed E-state index contributed by atoms with van der Waals surface area (Å²) in [5, 5.41) is 3.96. The van der Waals surface area contributed by atoms with Crippen molar-refractivity contribution in [1.82, 2.24) is 10.3 Å². The molecular formula is C15H17FN2O. The number of pyridine rings is 1. The minimum Gasteiger partial charge on any atom is -0.489 e. The minimum absolute atomic E-state index is 0.0907. The molecule has 2 heterocycles. The van der Waals surface area contributed by atoms with E-state index in [1.54, 1.807) is 0 Å². The Labute approximate surface area is 111 Å². The molecule has 1 unspecified atom stereocenters. The number of fused-ring (bicyclic) bond motifs is 1. The Morgan fingerprint density at radius 1 is 1.42 bits per heavy atom. The molecule has 1 aromatic heterocycles. The molecule has 100 valence electrons. The van der Waals surface area contributed by atoms with Crippen LogP contribution in [0.2, 0.25) is 0 Å². The number of rotatable bonds is 3. The molecule has 1 aliphatic rings. The number of para-hydroxylation sites is 1. The lowest BCUT2D eigenvalue weighted by atomic mass is 10.1. The molecule has 1 atom stereocenters. The van der Waals surface area contributed by atoms with Gasteiger partial charge in [0.25, 0.3) is 0 Å². The van der Waals surface area contributed by atoms with Gasteiger partial charge in [-0.05, 0) is 32.0 Å². The Hall–Kier alpha value is -1.68. The van der Waals surface area contributed by atoms with E-state index in [0.717, 1.165) is 23.1 Å². The Morgan fingerprint density at radius 3 is 3.05 bits per heavy atom. The van der Waals surface area contributed by atoms with Crippen molar-refractivity contribution < 1.29 is 9.13 Å². The predicted molar refractivity (Wildman–Crippen MR) is 73.3 cm³/mol. The van der Waals surface area contributed by atoms with Gasteiger partial charge in [0, 0.05) is 23.7 Å². The van der Waals surface area contributed by atoms with Gasteiger partial charge in [-0.15, -0.1) is 0 Å². The molecule has 0 spiro atoms. The van der Waals surface area contributed by atoms with Gasteiger partial charge in [0.05, 0.1) is 5.52 Å². The second-order valence-corrected chi connectivity index (χ2v) is 5.15. The number of hydrogen-bond donors (Lipinski definition) is 1. The number of nitrogens with zero attached hydrogens (tertiary/aromatic N) is 1. The molecule has 0 radical (unpaired) electrons. The molecule has 1 aliphatic heterocycles. The number of nitrogens with one attached hydrogen (secondary N) is 1. The maximum Gasteiger partial charge on any atom is 0.158 e. The van der Waals surface area contributed by atoms with Gasteiger partial charge in [-0.3, -0.25) is 4.98 Å². The SMILES string of the molecule is Cc1cc(OCC2(F)CCNC2)c2ccccc2n1. The molecular weight excluding hydrogens is 243 g/mol. The minimum atomic E-state index is -1.25. The summed E-state index contributed by atoms with van der Waals surface area (Å²) >= 11 is 0. The summed E-state index contributed by atoms with van der Waals surface area (Å²) in [4.78, 5) is 4.45. The van der Waals surface area contributed by atoms with E-state index in [-0.39, 0.29) is 6.61 Å². The van der Waals surface area contributed by atoms with Crippen LogP contribution in [0.3, 0.4) is 0 Å². The van der Waals surface area contributed by atoms with Crippen LogP contribution < -0.4 is 10.1 Å². The second kappa shape index (κ2) is 4.78. The maximum atomic E-state index is 14.3. The van der Waals surface area contributed by atoms with E-state index in [4.69, 9.17) is 4.74 Å². The molecule has 0 aliphatic carbocycles. The van der Waals surface area contributed by atoms with E-state index in [2.05, 4.69) is 10.3 Å². The highest BCUT2D eigenvalue weighted by molar-refractivity contribution is 5.85. The normalized spacial score (nSPS) is 22.8. The number of benzene rings is 1. The van der Waals surface area contributed by atoms with Gasteiger partial charge in [-0.1, -0.05) is 12.1 Å². The number of aromatic nitrogens is 1. The monoisotopic (exact) mass is 260 g/mol. The summed E-state index contributed by atoms with van der Waals surface area (Å²) in [7, 11) is 0. The van der Waals surface area contributed by atoms with Crippen LogP contribution in [0.5, 0.6) is 5.75 Å². The van der Waals surface area contributed by atoms with Crippen LogP contribution in [0.25, 0.3) is 10.9 Å². The number of halogens is 1. The van der Waals surface area contributed by atoms with E-state index in [0.29, 0.717) is 18.7 Å². The topological polar surface area (TPSA) is 34.1 Å². The third-order valence-corrected chi connectivity index (χ3v) is 3.48. The van der Waals surface area contributed by atoms with Gasteiger partial charge >= 0.3 is 0 Å². The summed E-state index contributed by atoms with van der Waals surface area (Å²) in [6.45, 7) is 3.10. The van der Waals surface area contributed by atoms with Crippen molar-refractivity contribution in [3.05, 3.63) is 36.0 Å². The molecule has 1 aromatic carbocycles. The van der Waals surface area contributed by atoms with E-state index in [1.807, 2.05) is 37.3 Å². The van der Waals surface area contributed by atoms with Crippen molar-refractivity contribution in [2.75, 3.05) is 19.7 Å². The molecule has 19 heavy (non-hydrogen) atoms. The van der Waals surface area contributed by atoms with Gasteiger partial charge < -0.3 is 10.1 Å². The second-order valence-electron chi connectivity index (χ2n) is 5.15. The third kappa shape index (κ3) is 2.54. The Morgan fingerprint density at radius 2 is 2.26 bits per heavy atom. The standard InChI is InChI=1S/C15H17FN2O/c1-11-8-14(12-4-2-3-5-13(12)18-11)19-10-15(16)6-7-17-9-15/h2-5,8,17H,6-7,9-10H2,1H3. The van der Waals surface area contributed by atoms with E-state index >= 15 is 0 Å². The lowest BCUT2D eigenvalue weighted by molar-refractivity contribution is 0.104. The highest BCUT2D eigenvalue weighted by atomic mass is 19.1. The fourth-order valence-electron chi connectivity index (χ4n) is 2.43. The molecule has 3 rings (SSSR count). The molecule has 2 aromatic rings. The van der Waals surface area contributed by atoms with E-state index in [1.165, 1.54) is 0 Å². The van der Waals surface area contributed by atoms with Gasteiger partial charge in [0.15, 0.2) is 5.67 Å². The van der Waals surface area contributed by atoms with Crippen LogP contribution in [-0.4, -0.2) is 30.3 Å². The first-order valence-electron chi connectivity index (χ1n) is 6.55. The summed E-state index contributed by atoms with van der Waals surface area (Å²) in [5.74, 6) is 0.715.